The van der Waals surface area contributed by atoms with Gasteiger partial charge in [0.05, 0.1) is 11.1 Å². The molecule has 1 unspecified atom stereocenters. The smallest absolute Gasteiger partial charge is 0.101 e. The molecule has 0 heterocycles. The van der Waals surface area contributed by atoms with Crippen molar-refractivity contribution in [2.75, 3.05) is 0 Å². The van der Waals surface area contributed by atoms with Crippen LogP contribution in [0.3, 0.4) is 0 Å². The quantitative estimate of drug-likeness (QED) is 0.123. The number of hydrogen-bond acceptors (Lipinski definition) is 2. The van der Waals surface area contributed by atoms with Gasteiger partial charge in [-0.15, -0.1) is 0 Å². The maximum absolute atomic E-state index is 10.6. The van der Waals surface area contributed by atoms with E-state index in [1.54, 1.807) is 6.07 Å². The minimum absolute atomic E-state index is 0.0300. The Labute approximate surface area is 364 Å². The van der Waals surface area contributed by atoms with Gasteiger partial charge in [-0.05, 0) is 84.5 Å². The summed E-state index contributed by atoms with van der Waals surface area (Å²) in [5.41, 5.74) is 15.7. The fourth-order valence-corrected chi connectivity index (χ4v) is 8.90. The molecule has 0 radical (unpaired) electrons. The zero-order chi connectivity index (χ0) is 42.1. The van der Waals surface area contributed by atoms with E-state index in [2.05, 4.69) is 218 Å². The van der Waals surface area contributed by atoms with Gasteiger partial charge in [0.25, 0.3) is 0 Å². The minimum Gasteiger partial charge on any atom is -0.192 e. The van der Waals surface area contributed by atoms with Gasteiger partial charge in [-0.2, -0.15) is 10.5 Å². The van der Waals surface area contributed by atoms with Gasteiger partial charge in [0.15, 0.2) is 0 Å². The summed E-state index contributed by atoms with van der Waals surface area (Å²) in [6.07, 6.45) is 0. The Bertz CT molecular complexity index is 2950. The fraction of sp³-hybridized carbons (Fsp3) is 0.0333. The van der Waals surface area contributed by atoms with Crippen molar-refractivity contribution in [2.24, 2.45) is 0 Å². The van der Waals surface area contributed by atoms with E-state index in [4.69, 9.17) is 0 Å². The van der Waals surface area contributed by atoms with Gasteiger partial charge in [-0.3, -0.25) is 0 Å². The summed E-state index contributed by atoms with van der Waals surface area (Å²) < 4.78 is 0. The Balaban J connectivity index is 1.26. The maximum Gasteiger partial charge on any atom is 0.101 e. The fourth-order valence-electron chi connectivity index (χ4n) is 8.90. The molecule has 0 aliphatic carbocycles. The zero-order valence-corrected chi connectivity index (χ0v) is 34.1. The molecule has 9 rings (SSSR count). The number of rotatable bonds is 11. The minimum atomic E-state index is 0.0300. The van der Waals surface area contributed by atoms with Crippen molar-refractivity contribution in [1.29, 1.82) is 10.5 Å². The molecule has 9 aromatic carbocycles. The van der Waals surface area contributed by atoms with Crippen molar-refractivity contribution in [3.63, 3.8) is 0 Å². The van der Waals surface area contributed by atoms with Crippen molar-refractivity contribution in [2.45, 2.75) is 11.8 Å². The second-order valence-corrected chi connectivity index (χ2v) is 15.4. The second-order valence-electron chi connectivity index (χ2n) is 15.4. The number of hydrogen-bond donors (Lipinski definition) is 0. The first-order chi connectivity index (χ1) is 30.7. The average molecular weight is 791 g/mol. The molecule has 0 fully saturated rings. The van der Waals surface area contributed by atoms with E-state index in [1.807, 2.05) is 30.3 Å². The van der Waals surface area contributed by atoms with Crippen LogP contribution >= 0.6 is 0 Å². The highest BCUT2D eigenvalue weighted by Gasteiger charge is 2.28. The SMILES string of the molecule is N#Cc1cccc(-c2cc(C(=C(c3ccccc3)c3ccccc3)c3ccccc3)ccc2-c2ccc(C(c3ccccc3)C(c3ccccc3)c3ccccc3)cc2)c1C#N. The molecule has 62 heavy (non-hydrogen) atoms. The van der Waals surface area contributed by atoms with Gasteiger partial charge in [0.2, 0.25) is 0 Å². The lowest BCUT2D eigenvalue weighted by Gasteiger charge is -2.29. The van der Waals surface area contributed by atoms with Crippen molar-refractivity contribution in [3.8, 4) is 34.4 Å². The average Bonchev–Trinajstić information content (AvgIpc) is 3.36. The van der Waals surface area contributed by atoms with Crippen LogP contribution in [0.1, 0.15) is 67.5 Å². The summed E-state index contributed by atoms with van der Waals surface area (Å²) in [6.45, 7) is 0. The molecule has 1 atom stereocenters. The largest absolute Gasteiger partial charge is 0.192 e. The summed E-state index contributed by atoms with van der Waals surface area (Å²) in [6, 6.07) is 89.7. The monoisotopic (exact) mass is 790 g/mol. The Morgan fingerprint density at radius 1 is 0.306 bits per heavy atom. The molecule has 292 valence electrons. The van der Waals surface area contributed by atoms with Gasteiger partial charge in [0, 0.05) is 17.4 Å². The first-order valence-electron chi connectivity index (χ1n) is 21.0. The van der Waals surface area contributed by atoms with Crippen LogP contribution in [0.25, 0.3) is 33.4 Å². The van der Waals surface area contributed by atoms with Crippen LogP contribution in [-0.4, -0.2) is 0 Å². The maximum atomic E-state index is 10.6. The lowest BCUT2D eigenvalue weighted by atomic mass is 9.73. The molecule has 0 saturated heterocycles. The van der Waals surface area contributed by atoms with Crippen molar-refractivity contribution >= 4 is 11.1 Å². The topological polar surface area (TPSA) is 47.6 Å². The first kappa shape index (κ1) is 39.2. The van der Waals surface area contributed by atoms with Crippen molar-refractivity contribution in [1.82, 2.24) is 0 Å². The van der Waals surface area contributed by atoms with E-state index in [1.165, 1.54) is 22.3 Å². The standard InChI is InChI=1S/C60H42N2/c61-41-52-32-19-33-54(56(52)42-62)55-40-51(60(49-30-17-6-18-31-49)58(46-24-11-3-12-25-46)47-26-13-4-14-27-47)38-39-53(55)43-34-36-50(37-35-43)59(48-28-15-5-16-29-48)57(44-20-7-1-8-21-44)45-22-9-2-10-23-45/h1-40,57,59H. The highest BCUT2D eigenvalue weighted by Crippen LogP contribution is 2.45. The molecule has 0 aliphatic heterocycles. The van der Waals surface area contributed by atoms with Crippen LogP contribution in [0.15, 0.2) is 243 Å². The van der Waals surface area contributed by atoms with Gasteiger partial charge < -0.3 is 0 Å². The third-order valence-corrected chi connectivity index (χ3v) is 11.7. The van der Waals surface area contributed by atoms with E-state index in [-0.39, 0.29) is 11.8 Å². The van der Waals surface area contributed by atoms with Gasteiger partial charge in [-0.25, -0.2) is 0 Å². The third-order valence-electron chi connectivity index (χ3n) is 11.7. The predicted molar refractivity (Wildman–Crippen MR) is 254 cm³/mol. The summed E-state index contributed by atoms with van der Waals surface area (Å²) >= 11 is 0. The Morgan fingerprint density at radius 3 is 1.13 bits per heavy atom. The van der Waals surface area contributed by atoms with E-state index < -0.39 is 0 Å². The Kier molecular flexibility index (Phi) is 11.6. The van der Waals surface area contributed by atoms with Crippen LogP contribution in [0.4, 0.5) is 0 Å². The Hall–Kier alpha value is -8.30. The summed E-state index contributed by atoms with van der Waals surface area (Å²) in [4.78, 5) is 0. The molecule has 9 aromatic rings. The van der Waals surface area contributed by atoms with E-state index in [9.17, 15) is 10.5 Å². The highest BCUT2D eigenvalue weighted by atomic mass is 14.3. The van der Waals surface area contributed by atoms with E-state index in [0.29, 0.717) is 11.1 Å². The molecule has 0 bridgehead atoms. The van der Waals surface area contributed by atoms with Gasteiger partial charge >= 0.3 is 0 Å². The molecule has 2 nitrogen and oxygen atoms in total. The lowest BCUT2D eigenvalue weighted by Crippen LogP contribution is -2.14. The normalized spacial score (nSPS) is 11.3. The van der Waals surface area contributed by atoms with Crippen LogP contribution in [0.2, 0.25) is 0 Å². The van der Waals surface area contributed by atoms with Crippen molar-refractivity contribution < 1.29 is 0 Å². The molecular formula is C60H42N2. The van der Waals surface area contributed by atoms with Crippen LogP contribution in [0.5, 0.6) is 0 Å². The highest BCUT2D eigenvalue weighted by molar-refractivity contribution is 6.05. The first-order valence-corrected chi connectivity index (χ1v) is 21.0. The molecule has 0 saturated carbocycles. The third kappa shape index (κ3) is 8.02. The predicted octanol–water partition coefficient (Wildman–Crippen LogP) is 14.7. The number of benzene rings is 9. The molecular weight excluding hydrogens is 749 g/mol. The van der Waals surface area contributed by atoms with E-state index in [0.717, 1.165) is 55.7 Å². The molecule has 0 aromatic heterocycles. The number of nitriles is 2. The molecule has 2 heteroatoms. The van der Waals surface area contributed by atoms with Crippen LogP contribution in [0, 0.1) is 22.7 Å². The lowest BCUT2D eigenvalue weighted by molar-refractivity contribution is 0.694. The van der Waals surface area contributed by atoms with Crippen LogP contribution in [-0.2, 0) is 0 Å². The molecule has 0 amide bonds. The van der Waals surface area contributed by atoms with Gasteiger partial charge in [-0.1, -0.05) is 231 Å². The zero-order valence-electron chi connectivity index (χ0n) is 34.1. The molecule has 0 aliphatic rings. The second kappa shape index (κ2) is 18.3. The Morgan fingerprint density at radius 2 is 0.710 bits per heavy atom. The van der Waals surface area contributed by atoms with E-state index >= 15 is 0 Å². The summed E-state index contributed by atoms with van der Waals surface area (Å²) in [5.74, 6) is 0.0985. The van der Waals surface area contributed by atoms with Crippen LogP contribution < -0.4 is 0 Å². The molecule has 0 N–H and O–H groups in total. The molecule has 0 spiro atoms. The van der Waals surface area contributed by atoms with Gasteiger partial charge in [0.1, 0.15) is 12.1 Å². The summed E-state index contributed by atoms with van der Waals surface area (Å²) in [5, 5.41) is 20.8. The number of nitrogens with zero attached hydrogens (tertiary/aromatic N) is 2. The summed E-state index contributed by atoms with van der Waals surface area (Å²) in [7, 11) is 0. The van der Waals surface area contributed by atoms with Crippen molar-refractivity contribution in [3.05, 3.63) is 298 Å².